The van der Waals surface area contributed by atoms with E-state index in [0.29, 0.717) is 6.54 Å². The van der Waals surface area contributed by atoms with Gasteiger partial charge in [0.05, 0.1) is 0 Å². The van der Waals surface area contributed by atoms with Crippen LogP contribution in [0.5, 0.6) is 0 Å². The van der Waals surface area contributed by atoms with E-state index in [1.807, 2.05) is 20.8 Å². The lowest BCUT2D eigenvalue weighted by Gasteiger charge is -2.20. The summed E-state index contributed by atoms with van der Waals surface area (Å²) in [5.74, 6) is 0. The van der Waals surface area contributed by atoms with Crippen molar-refractivity contribution in [1.82, 2.24) is 5.32 Å². The molecule has 1 aromatic rings. The first kappa shape index (κ1) is 14.6. The molecule has 0 saturated carbocycles. The molecule has 1 amide bonds. The molecule has 18 heavy (non-hydrogen) atoms. The fourth-order valence-electron chi connectivity index (χ4n) is 1.72. The van der Waals surface area contributed by atoms with Gasteiger partial charge in [0.1, 0.15) is 5.60 Å². The van der Waals surface area contributed by atoms with Gasteiger partial charge in [0, 0.05) is 6.54 Å². The molecule has 0 atom stereocenters. The quantitative estimate of drug-likeness (QED) is 0.869. The molecule has 0 radical (unpaired) electrons. The van der Waals surface area contributed by atoms with Crippen LogP contribution in [0.1, 0.15) is 43.0 Å². The number of carbonyl (C=O) groups excluding carboxylic acids is 1. The average molecular weight is 249 g/mol. The first-order chi connectivity index (χ1) is 8.19. The third-order valence-corrected chi connectivity index (χ3v) is 2.82. The summed E-state index contributed by atoms with van der Waals surface area (Å²) in [4.78, 5) is 11.5. The summed E-state index contributed by atoms with van der Waals surface area (Å²) in [5, 5.41) is 2.77. The topological polar surface area (TPSA) is 38.3 Å². The lowest BCUT2D eigenvalue weighted by atomic mass is 10.0. The molecule has 0 fully saturated rings. The van der Waals surface area contributed by atoms with Gasteiger partial charge in [0.15, 0.2) is 0 Å². The van der Waals surface area contributed by atoms with Crippen molar-refractivity contribution in [2.24, 2.45) is 0 Å². The van der Waals surface area contributed by atoms with Gasteiger partial charge >= 0.3 is 6.09 Å². The Bertz CT molecular complexity index is 421. The van der Waals surface area contributed by atoms with Gasteiger partial charge in [-0.3, -0.25) is 0 Å². The highest BCUT2D eigenvalue weighted by molar-refractivity contribution is 5.67. The average Bonchev–Trinajstić information content (AvgIpc) is 2.20. The van der Waals surface area contributed by atoms with Gasteiger partial charge in [-0.25, -0.2) is 4.79 Å². The summed E-state index contributed by atoms with van der Waals surface area (Å²) in [7, 11) is 0. The van der Waals surface area contributed by atoms with E-state index in [2.05, 4.69) is 38.2 Å². The number of alkyl carbamates (subject to hydrolysis) is 1. The van der Waals surface area contributed by atoms with Crippen LogP contribution in [0.4, 0.5) is 4.79 Å². The van der Waals surface area contributed by atoms with Gasteiger partial charge in [-0.15, -0.1) is 0 Å². The molecule has 0 saturated heterocycles. The third-order valence-electron chi connectivity index (χ3n) is 2.82. The molecule has 0 unspecified atom stereocenters. The molecule has 3 heteroatoms. The molecule has 0 spiro atoms. The highest BCUT2D eigenvalue weighted by Crippen LogP contribution is 2.15. The Hall–Kier alpha value is -1.51. The van der Waals surface area contributed by atoms with Crippen molar-refractivity contribution < 1.29 is 9.53 Å². The summed E-state index contributed by atoms with van der Waals surface area (Å²) < 4.78 is 5.19. The second-order valence-corrected chi connectivity index (χ2v) is 5.71. The second kappa shape index (κ2) is 5.42. The maximum Gasteiger partial charge on any atom is 0.407 e. The number of amides is 1. The molecule has 0 aliphatic heterocycles. The van der Waals surface area contributed by atoms with Gasteiger partial charge in [0.25, 0.3) is 0 Å². The number of ether oxygens (including phenoxy) is 1. The minimum absolute atomic E-state index is 0.376. The standard InChI is InChI=1S/C15H23NO2/c1-10-7-13(8-11(2)12(10)3)9-16-14(17)18-15(4,5)6/h7-8H,9H2,1-6H3,(H,16,17). The smallest absolute Gasteiger partial charge is 0.407 e. The minimum atomic E-state index is -0.455. The van der Waals surface area contributed by atoms with Crippen LogP contribution >= 0.6 is 0 Å². The van der Waals surface area contributed by atoms with Gasteiger partial charge in [-0.1, -0.05) is 12.1 Å². The Morgan fingerprint density at radius 2 is 1.67 bits per heavy atom. The first-order valence-electron chi connectivity index (χ1n) is 6.22. The van der Waals surface area contributed by atoms with E-state index in [-0.39, 0.29) is 6.09 Å². The molecule has 0 bridgehead atoms. The molecular weight excluding hydrogens is 226 g/mol. The van der Waals surface area contributed by atoms with Crippen molar-refractivity contribution in [2.45, 2.75) is 53.7 Å². The van der Waals surface area contributed by atoms with E-state index in [4.69, 9.17) is 4.74 Å². The summed E-state index contributed by atoms with van der Waals surface area (Å²) in [5.41, 5.74) is 4.44. The number of carbonyl (C=O) groups is 1. The van der Waals surface area contributed by atoms with Crippen molar-refractivity contribution in [3.8, 4) is 0 Å². The maximum absolute atomic E-state index is 11.5. The second-order valence-electron chi connectivity index (χ2n) is 5.71. The molecular formula is C15H23NO2. The highest BCUT2D eigenvalue weighted by atomic mass is 16.6. The molecule has 0 heterocycles. The zero-order chi connectivity index (χ0) is 13.9. The Labute approximate surface area is 110 Å². The summed E-state index contributed by atoms with van der Waals surface area (Å²) in [6.45, 7) is 12.3. The van der Waals surface area contributed by atoms with Gasteiger partial charge in [0.2, 0.25) is 0 Å². The van der Waals surface area contributed by atoms with E-state index in [1.54, 1.807) is 0 Å². The summed E-state index contributed by atoms with van der Waals surface area (Å²) in [6.07, 6.45) is -0.376. The molecule has 1 aromatic carbocycles. The summed E-state index contributed by atoms with van der Waals surface area (Å²) in [6, 6.07) is 4.19. The van der Waals surface area contributed by atoms with Crippen molar-refractivity contribution in [3.05, 3.63) is 34.4 Å². The van der Waals surface area contributed by atoms with Crippen LogP contribution in [0.15, 0.2) is 12.1 Å². The Kier molecular flexibility index (Phi) is 4.38. The zero-order valence-electron chi connectivity index (χ0n) is 12.2. The SMILES string of the molecule is Cc1cc(CNC(=O)OC(C)(C)C)cc(C)c1C. The summed E-state index contributed by atoms with van der Waals surface area (Å²) >= 11 is 0. The Balaban J connectivity index is 2.62. The molecule has 100 valence electrons. The number of rotatable bonds is 2. The number of hydrogen-bond acceptors (Lipinski definition) is 2. The van der Waals surface area contributed by atoms with Crippen LogP contribution in [0.3, 0.4) is 0 Å². The number of benzene rings is 1. The molecule has 1 rings (SSSR count). The normalized spacial score (nSPS) is 11.2. The molecule has 0 aromatic heterocycles. The predicted octanol–water partition coefficient (Wildman–Crippen LogP) is 3.64. The van der Waals surface area contributed by atoms with Crippen LogP contribution in [-0.4, -0.2) is 11.7 Å². The van der Waals surface area contributed by atoms with E-state index < -0.39 is 5.60 Å². The van der Waals surface area contributed by atoms with Crippen molar-refractivity contribution in [1.29, 1.82) is 0 Å². The predicted molar refractivity (Wildman–Crippen MR) is 73.7 cm³/mol. The van der Waals surface area contributed by atoms with E-state index in [9.17, 15) is 4.79 Å². The number of nitrogens with one attached hydrogen (secondary N) is 1. The first-order valence-corrected chi connectivity index (χ1v) is 6.22. The van der Waals surface area contributed by atoms with Gasteiger partial charge in [-0.05, 0) is 63.8 Å². The van der Waals surface area contributed by atoms with Crippen molar-refractivity contribution in [3.63, 3.8) is 0 Å². The Morgan fingerprint density at radius 1 is 1.17 bits per heavy atom. The number of hydrogen-bond donors (Lipinski definition) is 1. The van der Waals surface area contributed by atoms with Crippen molar-refractivity contribution >= 4 is 6.09 Å². The largest absolute Gasteiger partial charge is 0.444 e. The van der Waals surface area contributed by atoms with Crippen LogP contribution in [0.2, 0.25) is 0 Å². The molecule has 0 aliphatic carbocycles. The molecule has 0 aliphatic rings. The molecule has 3 nitrogen and oxygen atoms in total. The van der Waals surface area contributed by atoms with E-state index in [0.717, 1.165) is 5.56 Å². The lowest BCUT2D eigenvalue weighted by Crippen LogP contribution is -2.32. The fourth-order valence-corrected chi connectivity index (χ4v) is 1.72. The van der Waals surface area contributed by atoms with Gasteiger partial charge in [-0.2, -0.15) is 0 Å². The van der Waals surface area contributed by atoms with E-state index >= 15 is 0 Å². The monoisotopic (exact) mass is 249 g/mol. The lowest BCUT2D eigenvalue weighted by molar-refractivity contribution is 0.0523. The fraction of sp³-hybridized carbons (Fsp3) is 0.533. The number of aryl methyl sites for hydroxylation is 2. The van der Waals surface area contributed by atoms with Gasteiger partial charge < -0.3 is 10.1 Å². The van der Waals surface area contributed by atoms with Crippen LogP contribution in [0, 0.1) is 20.8 Å². The molecule has 1 N–H and O–H groups in total. The Morgan fingerprint density at radius 3 is 2.11 bits per heavy atom. The zero-order valence-corrected chi connectivity index (χ0v) is 12.2. The van der Waals surface area contributed by atoms with Crippen LogP contribution in [0.25, 0.3) is 0 Å². The third kappa shape index (κ3) is 4.40. The van der Waals surface area contributed by atoms with Crippen molar-refractivity contribution in [2.75, 3.05) is 0 Å². The van der Waals surface area contributed by atoms with Crippen LogP contribution in [-0.2, 0) is 11.3 Å². The van der Waals surface area contributed by atoms with Crippen LogP contribution < -0.4 is 5.32 Å². The maximum atomic E-state index is 11.5. The minimum Gasteiger partial charge on any atom is -0.444 e. The highest BCUT2D eigenvalue weighted by Gasteiger charge is 2.15. The van der Waals surface area contributed by atoms with E-state index in [1.165, 1.54) is 16.7 Å².